The van der Waals surface area contributed by atoms with Crippen molar-refractivity contribution in [2.75, 3.05) is 19.6 Å². The number of ether oxygens (including phenoxy) is 1. The predicted octanol–water partition coefficient (Wildman–Crippen LogP) is 2.93. The maximum Gasteiger partial charge on any atom is 0.573 e. The summed E-state index contributed by atoms with van der Waals surface area (Å²) >= 11 is 0. The third-order valence-electron chi connectivity index (χ3n) is 4.16. The molecule has 26 heavy (non-hydrogen) atoms. The molecule has 6 nitrogen and oxygen atoms in total. The van der Waals surface area contributed by atoms with Gasteiger partial charge < -0.3 is 19.6 Å². The molecule has 9 heteroatoms. The lowest BCUT2D eigenvalue weighted by molar-refractivity contribution is -0.274. The Bertz CT molecular complexity index is 771. The summed E-state index contributed by atoms with van der Waals surface area (Å²) in [5, 5.41) is 8.97. The number of carbonyl (C=O) groups is 2. The number of alkyl halides is 3. The van der Waals surface area contributed by atoms with Gasteiger partial charge in [0.2, 0.25) is 0 Å². The van der Waals surface area contributed by atoms with Crippen molar-refractivity contribution in [2.45, 2.75) is 6.36 Å². The Balaban J connectivity index is 1.58. The standard InChI is InChI=1S/C17H15F3N2O4/c18-17(19,20)26-14-4-1-11(2-5-14)3-6-15(23)21-7-12-9-22(16(24)25)10-13(12)8-21/h1-7,13H,8-10H2,(H,24,25)/t13-/m0/s1. The van der Waals surface area contributed by atoms with Crippen LogP contribution in [0.4, 0.5) is 18.0 Å². The third-order valence-corrected chi connectivity index (χ3v) is 4.16. The molecule has 1 N–H and O–H groups in total. The Kier molecular flexibility index (Phi) is 4.62. The molecule has 0 aromatic heterocycles. The lowest BCUT2D eigenvalue weighted by atomic mass is 10.1. The van der Waals surface area contributed by atoms with E-state index in [1.54, 1.807) is 6.20 Å². The van der Waals surface area contributed by atoms with Crippen molar-refractivity contribution in [3.05, 3.63) is 47.7 Å². The van der Waals surface area contributed by atoms with E-state index in [4.69, 9.17) is 5.11 Å². The fourth-order valence-electron chi connectivity index (χ4n) is 2.95. The van der Waals surface area contributed by atoms with Crippen LogP contribution in [0.25, 0.3) is 6.08 Å². The van der Waals surface area contributed by atoms with Gasteiger partial charge in [0, 0.05) is 37.8 Å². The van der Waals surface area contributed by atoms with E-state index in [-0.39, 0.29) is 17.6 Å². The average Bonchev–Trinajstić information content (AvgIpc) is 3.11. The number of halogens is 3. The molecule has 2 aliphatic heterocycles. The van der Waals surface area contributed by atoms with Crippen molar-refractivity contribution in [2.24, 2.45) is 5.92 Å². The van der Waals surface area contributed by atoms with Crippen LogP contribution in [0.3, 0.4) is 0 Å². The normalized spacial score (nSPS) is 19.7. The lowest BCUT2D eigenvalue weighted by Crippen LogP contribution is -2.31. The maximum absolute atomic E-state index is 12.2. The number of hydrogen-bond donors (Lipinski definition) is 1. The second-order valence-electron chi connectivity index (χ2n) is 6.00. The largest absolute Gasteiger partial charge is 0.573 e. The molecule has 2 heterocycles. The summed E-state index contributed by atoms with van der Waals surface area (Å²) in [6.07, 6.45) is -1.23. The highest BCUT2D eigenvalue weighted by molar-refractivity contribution is 5.92. The van der Waals surface area contributed by atoms with Crippen LogP contribution in [-0.4, -0.2) is 52.9 Å². The molecule has 2 amide bonds. The average molecular weight is 368 g/mol. The van der Waals surface area contributed by atoms with E-state index >= 15 is 0 Å². The summed E-state index contributed by atoms with van der Waals surface area (Å²) < 4.78 is 40.1. The first-order valence-electron chi connectivity index (χ1n) is 7.74. The minimum absolute atomic E-state index is 0.0160. The Morgan fingerprint density at radius 3 is 2.46 bits per heavy atom. The van der Waals surface area contributed by atoms with Crippen LogP contribution in [0.15, 0.2) is 42.1 Å². The van der Waals surface area contributed by atoms with Crippen molar-refractivity contribution in [1.29, 1.82) is 0 Å². The summed E-state index contributed by atoms with van der Waals surface area (Å²) in [6, 6.07) is 5.15. The number of hydrogen-bond acceptors (Lipinski definition) is 3. The van der Waals surface area contributed by atoms with E-state index in [0.717, 1.165) is 5.57 Å². The molecule has 0 aliphatic carbocycles. The smallest absolute Gasteiger partial charge is 0.465 e. The number of carbonyl (C=O) groups excluding carboxylic acids is 1. The van der Waals surface area contributed by atoms with Gasteiger partial charge in [-0.15, -0.1) is 13.2 Å². The van der Waals surface area contributed by atoms with Crippen LogP contribution in [0.5, 0.6) is 5.75 Å². The second kappa shape index (κ2) is 6.74. The molecular formula is C17H15F3N2O4. The van der Waals surface area contributed by atoms with Crippen LogP contribution in [-0.2, 0) is 4.79 Å². The van der Waals surface area contributed by atoms with E-state index < -0.39 is 12.5 Å². The van der Waals surface area contributed by atoms with E-state index in [1.807, 2.05) is 0 Å². The van der Waals surface area contributed by atoms with Gasteiger partial charge in [-0.1, -0.05) is 12.1 Å². The molecular weight excluding hydrogens is 353 g/mol. The number of rotatable bonds is 3. The second-order valence-corrected chi connectivity index (χ2v) is 6.00. The van der Waals surface area contributed by atoms with Gasteiger partial charge in [0.25, 0.3) is 5.91 Å². The Morgan fingerprint density at radius 2 is 1.88 bits per heavy atom. The zero-order chi connectivity index (χ0) is 18.9. The lowest BCUT2D eigenvalue weighted by Gasteiger charge is -2.16. The summed E-state index contributed by atoms with van der Waals surface area (Å²) in [5.41, 5.74) is 1.46. The summed E-state index contributed by atoms with van der Waals surface area (Å²) in [4.78, 5) is 26.0. The first-order chi connectivity index (χ1) is 12.2. The van der Waals surface area contributed by atoms with Gasteiger partial charge in [-0.25, -0.2) is 4.79 Å². The molecule has 0 spiro atoms. The van der Waals surface area contributed by atoms with Gasteiger partial charge in [0.05, 0.1) is 0 Å². The molecule has 2 aliphatic rings. The minimum atomic E-state index is -4.75. The molecule has 0 unspecified atom stereocenters. The number of nitrogens with zero attached hydrogens (tertiary/aromatic N) is 2. The van der Waals surface area contributed by atoms with Crippen LogP contribution in [0.2, 0.25) is 0 Å². The zero-order valence-corrected chi connectivity index (χ0v) is 13.4. The van der Waals surface area contributed by atoms with E-state index in [1.165, 1.54) is 46.2 Å². The van der Waals surface area contributed by atoms with Crippen molar-refractivity contribution in [3.8, 4) is 5.75 Å². The van der Waals surface area contributed by atoms with Gasteiger partial charge in [-0.3, -0.25) is 4.79 Å². The first kappa shape index (κ1) is 17.8. The Hall–Kier alpha value is -2.97. The SMILES string of the molecule is O=C(C=Cc1ccc(OC(F)(F)F)cc1)N1C=C2CN(C(=O)O)C[C@@H]2C1. The highest BCUT2D eigenvalue weighted by Gasteiger charge is 2.36. The monoisotopic (exact) mass is 368 g/mol. The predicted molar refractivity (Wildman–Crippen MR) is 85.0 cm³/mol. The number of likely N-dealkylation sites (tertiary alicyclic amines) is 1. The molecule has 1 fully saturated rings. The van der Waals surface area contributed by atoms with Crippen LogP contribution >= 0.6 is 0 Å². The van der Waals surface area contributed by atoms with Crippen molar-refractivity contribution >= 4 is 18.1 Å². The summed E-state index contributed by atoms with van der Waals surface area (Å²) in [6.45, 7) is 1.09. The molecule has 0 bridgehead atoms. The fourth-order valence-corrected chi connectivity index (χ4v) is 2.95. The van der Waals surface area contributed by atoms with Crippen LogP contribution in [0, 0.1) is 5.92 Å². The number of amides is 2. The number of benzene rings is 1. The molecule has 1 saturated heterocycles. The highest BCUT2D eigenvalue weighted by Crippen LogP contribution is 2.29. The van der Waals surface area contributed by atoms with Crippen molar-refractivity contribution < 1.29 is 32.6 Å². The van der Waals surface area contributed by atoms with Gasteiger partial charge >= 0.3 is 12.5 Å². The van der Waals surface area contributed by atoms with E-state index in [9.17, 15) is 22.8 Å². The van der Waals surface area contributed by atoms with E-state index in [0.29, 0.717) is 25.2 Å². The fraction of sp³-hybridized carbons (Fsp3) is 0.294. The molecule has 0 saturated carbocycles. The minimum Gasteiger partial charge on any atom is -0.465 e. The Labute approximate surface area is 146 Å². The Morgan fingerprint density at radius 1 is 1.19 bits per heavy atom. The quantitative estimate of drug-likeness (QED) is 0.833. The number of carboxylic acid groups (broad SMARTS) is 1. The molecule has 138 valence electrons. The van der Waals surface area contributed by atoms with Gasteiger partial charge in [-0.05, 0) is 29.3 Å². The third kappa shape index (κ3) is 4.16. The highest BCUT2D eigenvalue weighted by atomic mass is 19.4. The van der Waals surface area contributed by atoms with Crippen LogP contribution in [0.1, 0.15) is 5.56 Å². The maximum atomic E-state index is 12.2. The topological polar surface area (TPSA) is 70.1 Å². The molecule has 1 atom stereocenters. The van der Waals surface area contributed by atoms with Crippen LogP contribution < -0.4 is 4.74 Å². The van der Waals surface area contributed by atoms with Gasteiger partial charge in [-0.2, -0.15) is 0 Å². The summed E-state index contributed by atoms with van der Waals surface area (Å²) in [5.74, 6) is -0.590. The zero-order valence-electron chi connectivity index (χ0n) is 13.4. The van der Waals surface area contributed by atoms with Gasteiger partial charge in [0.1, 0.15) is 5.75 Å². The summed E-state index contributed by atoms with van der Waals surface area (Å²) in [7, 11) is 0. The van der Waals surface area contributed by atoms with E-state index in [2.05, 4.69) is 4.74 Å². The molecule has 1 aromatic rings. The van der Waals surface area contributed by atoms with Crippen molar-refractivity contribution in [3.63, 3.8) is 0 Å². The van der Waals surface area contributed by atoms with Gasteiger partial charge in [0.15, 0.2) is 0 Å². The molecule has 3 rings (SSSR count). The molecule has 1 aromatic carbocycles. The first-order valence-corrected chi connectivity index (χ1v) is 7.74. The van der Waals surface area contributed by atoms with Crippen molar-refractivity contribution in [1.82, 2.24) is 9.80 Å². The molecule has 0 radical (unpaired) electrons. The number of fused-ring (bicyclic) bond motifs is 1.